The second kappa shape index (κ2) is 8.62. The molecule has 0 aliphatic rings. The van der Waals surface area contributed by atoms with Crippen molar-refractivity contribution in [3.05, 3.63) is 71.6 Å². The molecular weight excluding hydrogens is 338 g/mol. The highest BCUT2D eigenvalue weighted by atomic mass is 16.5. The summed E-state index contributed by atoms with van der Waals surface area (Å²) in [6.07, 6.45) is 0.784. The highest BCUT2D eigenvalue weighted by Gasteiger charge is 2.14. The van der Waals surface area contributed by atoms with Crippen LogP contribution in [-0.2, 0) is 17.8 Å². The van der Waals surface area contributed by atoms with Gasteiger partial charge in [0.25, 0.3) is 0 Å². The molecule has 0 saturated heterocycles. The van der Waals surface area contributed by atoms with Gasteiger partial charge in [-0.25, -0.2) is 0 Å². The predicted molar refractivity (Wildman–Crippen MR) is 105 cm³/mol. The highest BCUT2D eigenvalue weighted by molar-refractivity contribution is 5.76. The van der Waals surface area contributed by atoms with E-state index in [0.29, 0.717) is 37.0 Å². The number of amides is 1. The normalized spacial score (nSPS) is 11.0. The van der Waals surface area contributed by atoms with E-state index in [1.807, 2.05) is 49.5 Å². The lowest BCUT2D eigenvalue weighted by Gasteiger charge is -2.16. The Labute approximate surface area is 160 Å². The van der Waals surface area contributed by atoms with Crippen LogP contribution < -0.4 is 0 Å². The largest absolute Gasteiger partial charge is 0.341 e. The molecule has 3 rings (SSSR count). The smallest absolute Gasteiger partial charge is 0.227 e. The molecule has 0 atom stereocenters. The van der Waals surface area contributed by atoms with Crippen LogP contribution in [-0.4, -0.2) is 28.0 Å². The maximum Gasteiger partial charge on any atom is 0.227 e. The predicted octanol–water partition coefficient (Wildman–Crippen LogP) is 4.45. The Morgan fingerprint density at radius 2 is 1.78 bits per heavy atom. The van der Waals surface area contributed by atoms with Crippen LogP contribution in [0, 0.1) is 0 Å². The van der Waals surface area contributed by atoms with E-state index in [-0.39, 0.29) is 5.91 Å². The van der Waals surface area contributed by atoms with Crippen molar-refractivity contribution >= 4 is 5.91 Å². The molecule has 2 aromatic carbocycles. The summed E-state index contributed by atoms with van der Waals surface area (Å²) in [4.78, 5) is 18.5. The topological polar surface area (TPSA) is 59.2 Å². The molecule has 140 valence electrons. The minimum Gasteiger partial charge on any atom is -0.341 e. The first kappa shape index (κ1) is 18.8. The third-order valence-electron chi connectivity index (χ3n) is 4.54. The second-order valence-electron chi connectivity index (χ2n) is 7.02. The van der Waals surface area contributed by atoms with E-state index in [4.69, 9.17) is 4.52 Å². The first-order valence-electron chi connectivity index (χ1n) is 9.23. The number of aromatic nitrogens is 2. The van der Waals surface area contributed by atoms with Crippen molar-refractivity contribution in [2.24, 2.45) is 0 Å². The third-order valence-corrected chi connectivity index (χ3v) is 4.54. The quantitative estimate of drug-likeness (QED) is 0.622. The SMILES string of the molecule is CC(C)c1ccc(-c2noc(CCC(=O)N(C)Cc3ccccc3)n2)cc1. The van der Waals surface area contributed by atoms with E-state index in [1.54, 1.807) is 4.90 Å². The monoisotopic (exact) mass is 363 g/mol. The molecule has 1 aromatic heterocycles. The molecule has 0 fully saturated rings. The van der Waals surface area contributed by atoms with Crippen LogP contribution in [0.1, 0.15) is 43.2 Å². The summed E-state index contributed by atoms with van der Waals surface area (Å²) in [5.41, 5.74) is 3.30. The molecule has 0 N–H and O–H groups in total. The van der Waals surface area contributed by atoms with Crippen LogP contribution >= 0.6 is 0 Å². The molecule has 0 bridgehead atoms. The van der Waals surface area contributed by atoms with Gasteiger partial charge in [-0.3, -0.25) is 4.79 Å². The number of rotatable bonds is 7. The van der Waals surface area contributed by atoms with Crippen molar-refractivity contribution in [3.63, 3.8) is 0 Å². The highest BCUT2D eigenvalue weighted by Crippen LogP contribution is 2.20. The second-order valence-corrected chi connectivity index (χ2v) is 7.02. The van der Waals surface area contributed by atoms with Gasteiger partial charge in [-0.1, -0.05) is 73.6 Å². The summed E-state index contributed by atoms with van der Waals surface area (Å²) < 4.78 is 5.31. The fraction of sp³-hybridized carbons (Fsp3) is 0.318. The number of hydrogen-bond donors (Lipinski definition) is 0. The molecule has 0 aliphatic heterocycles. The number of nitrogens with zero attached hydrogens (tertiary/aromatic N) is 3. The fourth-order valence-corrected chi connectivity index (χ4v) is 2.84. The van der Waals surface area contributed by atoms with Crippen LogP contribution in [0.5, 0.6) is 0 Å². The van der Waals surface area contributed by atoms with Crippen molar-refractivity contribution in [1.82, 2.24) is 15.0 Å². The minimum atomic E-state index is 0.0555. The van der Waals surface area contributed by atoms with Crippen molar-refractivity contribution in [3.8, 4) is 11.4 Å². The van der Waals surface area contributed by atoms with Crippen LogP contribution in [0.4, 0.5) is 0 Å². The Morgan fingerprint density at radius 3 is 2.44 bits per heavy atom. The van der Waals surface area contributed by atoms with Gasteiger partial charge in [0.1, 0.15) is 0 Å². The minimum absolute atomic E-state index is 0.0555. The zero-order valence-electron chi connectivity index (χ0n) is 16.1. The Bertz CT molecular complexity index is 870. The van der Waals surface area contributed by atoms with Crippen LogP contribution in [0.25, 0.3) is 11.4 Å². The van der Waals surface area contributed by atoms with Crippen LogP contribution in [0.15, 0.2) is 59.1 Å². The van der Waals surface area contributed by atoms with E-state index in [0.717, 1.165) is 11.1 Å². The number of carbonyl (C=O) groups excluding carboxylic acids is 1. The van der Waals surface area contributed by atoms with E-state index in [9.17, 15) is 4.79 Å². The Kier molecular flexibility index (Phi) is 6.01. The molecule has 0 aliphatic carbocycles. The molecule has 5 heteroatoms. The lowest BCUT2D eigenvalue weighted by Crippen LogP contribution is -2.26. The summed E-state index contributed by atoms with van der Waals surface area (Å²) in [5, 5.41) is 4.04. The van der Waals surface area contributed by atoms with Crippen molar-refractivity contribution in [2.75, 3.05) is 7.05 Å². The molecule has 1 heterocycles. The molecular formula is C22H25N3O2. The molecule has 0 radical (unpaired) electrons. The molecule has 27 heavy (non-hydrogen) atoms. The lowest BCUT2D eigenvalue weighted by atomic mass is 10.0. The van der Waals surface area contributed by atoms with Gasteiger partial charge in [-0.15, -0.1) is 0 Å². The first-order chi connectivity index (χ1) is 13.0. The van der Waals surface area contributed by atoms with E-state index < -0.39 is 0 Å². The zero-order chi connectivity index (χ0) is 19.2. The van der Waals surface area contributed by atoms with Gasteiger partial charge in [0.2, 0.25) is 17.6 Å². The van der Waals surface area contributed by atoms with Gasteiger partial charge in [0.05, 0.1) is 0 Å². The maximum atomic E-state index is 12.3. The molecule has 5 nitrogen and oxygen atoms in total. The summed E-state index contributed by atoms with van der Waals surface area (Å²) >= 11 is 0. The Balaban J connectivity index is 1.55. The van der Waals surface area contributed by atoms with Crippen molar-refractivity contribution in [1.29, 1.82) is 0 Å². The Morgan fingerprint density at radius 1 is 1.07 bits per heavy atom. The van der Waals surface area contributed by atoms with Gasteiger partial charge >= 0.3 is 0 Å². The van der Waals surface area contributed by atoms with Crippen molar-refractivity contribution < 1.29 is 9.32 Å². The van der Waals surface area contributed by atoms with Gasteiger partial charge in [-0.05, 0) is 17.0 Å². The van der Waals surface area contributed by atoms with Crippen LogP contribution in [0.2, 0.25) is 0 Å². The van der Waals surface area contributed by atoms with E-state index in [1.165, 1.54) is 5.56 Å². The number of benzene rings is 2. The van der Waals surface area contributed by atoms with E-state index in [2.05, 4.69) is 36.1 Å². The summed E-state index contributed by atoms with van der Waals surface area (Å²) in [5.74, 6) is 1.59. The summed E-state index contributed by atoms with van der Waals surface area (Å²) in [7, 11) is 1.81. The van der Waals surface area contributed by atoms with Gasteiger partial charge in [-0.2, -0.15) is 4.98 Å². The fourth-order valence-electron chi connectivity index (χ4n) is 2.84. The van der Waals surface area contributed by atoms with Gasteiger partial charge in [0.15, 0.2) is 0 Å². The average Bonchev–Trinajstić information content (AvgIpc) is 3.16. The first-order valence-corrected chi connectivity index (χ1v) is 9.23. The standard InChI is InChI=1S/C22H25N3O2/c1-16(2)18-9-11-19(12-10-18)22-23-20(27-24-22)13-14-21(26)25(3)15-17-7-5-4-6-8-17/h4-12,16H,13-15H2,1-3H3. The molecule has 1 amide bonds. The molecule has 0 saturated carbocycles. The van der Waals surface area contributed by atoms with Gasteiger partial charge < -0.3 is 9.42 Å². The number of hydrogen-bond acceptors (Lipinski definition) is 4. The van der Waals surface area contributed by atoms with Gasteiger partial charge in [0, 0.05) is 32.0 Å². The van der Waals surface area contributed by atoms with E-state index >= 15 is 0 Å². The van der Waals surface area contributed by atoms with Crippen molar-refractivity contribution in [2.45, 2.75) is 39.2 Å². The number of aryl methyl sites for hydroxylation is 1. The molecule has 3 aromatic rings. The number of carbonyl (C=O) groups is 1. The molecule has 0 unspecified atom stereocenters. The summed E-state index contributed by atoms with van der Waals surface area (Å²) in [6.45, 7) is 4.91. The zero-order valence-corrected chi connectivity index (χ0v) is 16.1. The Hall–Kier alpha value is -2.95. The third kappa shape index (κ3) is 5.03. The van der Waals surface area contributed by atoms with Crippen LogP contribution in [0.3, 0.4) is 0 Å². The molecule has 0 spiro atoms. The average molecular weight is 363 g/mol. The summed E-state index contributed by atoms with van der Waals surface area (Å²) in [6, 6.07) is 18.1. The lowest BCUT2D eigenvalue weighted by molar-refractivity contribution is -0.130. The maximum absolute atomic E-state index is 12.3.